The number of halogens is 3. The highest BCUT2D eigenvalue weighted by Crippen LogP contribution is 2.33. The molecule has 0 bridgehead atoms. The van der Waals surface area contributed by atoms with Gasteiger partial charge in [-0.05, 0) is 49.7 Å². The van der Waals surface area contributed by atoms with E-state index in [1.807, 2.05) is 13.8 Å². The van der Waals surface area contributed by atoms with Gasteiger partial charge < -0.3 is 5.32 Å². The van der Waals surface area contributed by atoms with E-state index in [-0.39, 0.29) is 5.82 Å². The largest absolute Gasteiger partial charge is 0.339 e. The van der Waals surface area contributed by atoms with Gasteiger partial charge in [0.2, 0.25) is 0 Å². The second kappa shape index (κ2) is 6.42. The van der Waals surface area contributed by atoms with E-state index < -0.39 is 11.6 Å². The first-order valence-electron chi connectivity index (χ1n) is 8.25. The summed E-state index contributed by atoms with van der Waals surface area (Å²) in [4.78, 5) is 8.58. The topological polar surface area (TPSA) is 42.7 Å². The Bertz CT molecular complexity index is 1150. The number of hydrogen-bond acceptors (Lipinski definition) is 3. The summed E-state index contributed by atoms with van der Waals surface area (Å²) in [5.74, 6) is -1.22. The Morgan fingerprint density at radius 3 is 2.33 bits per heavy atom. The van der Waals surface area contributed by atoms with Gasteiger partial charge in [0, 0.05) is 17.4 Å². The van der Waals surface area contributed by atoms with E-state index in [0.29, 0.717) is 28.2 Å². The van der Waals surface area contributed by atoms with Crippen molar-refractivity contribution in [3.63, 3.8) is 0 Å². The van der Waals surface area contributed by atoms with Crippen LogP contribution >= 0.6 is 0 Å². The molecule has 0 unspecified atom stereocenters. The lowest BCUT2D eigenvalue weighted by Crippen LogP contribution is -2.01. The fourth-order valence-electron chi connectivity index (χ4n) is 3.18. The standard InChI is InChI=1S/C20H15F3N4/c1-11-12(2)27(17-8-14(22)6-15(23)9-17)20-18(11)19(24-10-25-20)26-16-5-3-4-13(21)7-16/h3-10H,1-2H3,(H,24,25,26). The average Bonchev–Trinajstić information content (AvgIpc) is 2.86. The van der Waals surface area contributed by atoms with Gasteiger partial charge in [0.1, 0.15) is 29.6 Å². The van der Waals surface area contributed by atoms with Gasteiger partial charge in [-0.2, -0.15) is 0 Å². The predicted molar refractivity (Wildman–Crippen MR) is 97.9 cm³/mol. The maximum Gasteiger partial charge on any atom is 0.150 e. The van der Waals surface area contributed by atoms with Crippen LogP contribution in [0.5, 0.6) is 0 Å². The number of aryl methyl sites for hydroxylation is 1. The smallest absolute Gasteiger partial charge is 0.150 e. The van der Waals surface area contributed by atoms with E-state index in [1.165, 1.54) is 30.6 Å². The third-order valence-electron chi connectivity index (χ3n) is 4.49. The minimum Gasteiger partial charge on any atom is -0.339 e. The zero-order valence-electron chi connectivity index (χ0n) is 14.6. The van der Waals surface area contributed by atoms with Crippen LogP contribution in [0, 0.1) is 31.3 Å². The highest BCUT2D eigenvalue weighted by Gasteiger charge is 2.18. The number of benzene rings is 2. The summed E-state index contributed by atoms with van der Waals surface area (Å²) in [6, 6.07) is 9.34. The molecular weight excluding hydrogens is 353 g/mol. The Morgan fingerprint density at radius 2 is 1.63 bits per heavy atom. The van der Waals surface area contributed by atoms with Crippen LogP contribution in [0.25, 0.3) is 16.7 Å². The van der Waals surface area contributed by atoms with Crippen LogP contribution < -0.4 is 5.32 Å². The van der Waals surface area contributed by atoms with Crippen molar-refractivity contribution in [2.24, 2.45) is 0 Å². The lowest BCUT2D eigenvalue weighted by Gasteiger charge is -2.09. The molecule has 0 aliphatic rings. The number of anilines is 2. The van der Waals surface area contributed by atoms with Crippen molar-refractivity contribution in [3.05, 3.63) is 77.5 Å². The Morgan fingerprint density at radius 1 is 0.889 bits per heavy atom. The van der Waals surface area contributed by atoms with Crippen molar-refractivity contribution in [2.45, 2.75) is 13.8 Å². The second-order valence-electron chi connectivity index (χ2n) is 6.23. The fraction of sp³-hybridized carbons (Fsp3) is 0.100. The molecule has 0 radical (unpaired) electrons. The molecule has 0 spiro atoms. The molecule has 0 atom stereocenters. The average molecular weight is 368 g/mol. The number of nitrogens with zero attached hydrogens (tertiary/aromatic N) is 3. The normalized spacial score (nSPS) is 11.1. The van der Waals surface area contributed by atoms with Crippen molar-refractivity contribution >= 4 is 22.5 Å². The lowest BCUT2D eigenvalue weighted by atomic mass is 10.2. The molecule has 4 nitrogen and oxygen atoms in total. The number of aromatic nitrogens is 3. The zero-order valence-corrected chi connectivity index (χ0v) is 14.6. The highest BCUT2D eigenvalue weighted by atomic mass is 19.1. The van der Waals surface area contributed by atoms with E-state index in [2.05, 4.69) is 15.3 Å². The van der Waals surface area contributed by atoms with E-state index in [9.17, 15) is 13.2 Å². The molecule has 136 valence electrons. The Balaban J connectivity index is 1.92. The van der Waals surface area contributed by atoms with E-state index >= 15 is 0 Å². The van der Waals surface area contributed by atoms with Gasteiger partial charge in [0.05, 0.1) is 11.1 Å². The summed E-state index contributed by atoms with van der Waals surface area (Å²) in [7, 11) is 0. The van der Waals surface area contributed by atoms with Crippen molar-refractivity contribution in [1.29, 1.82) is 0 Å². The zero-order chi connectivity index (χ0) is 19.1. The van der Waals surface area contributed by atoms with Crippen molar-refractivity contribution in [1.82, 2.24) is 14.5 Å². The maximum absolute atomic E-state index is 13.7. The fourth-order valence-corrected chi connectivity index (χ4v) is 3.18. The van der Waals surface area contributed by atoms with Gasteiger partial charge >= 0.3 is 0 Å². The van der Waals surface area contributed by atoms with Crippen LogP contribution in [0.4, 0.5) is 24.7 Å². The van der Waals surface area contributed by atoms with Crippen LogP contribution in [-0.4, -0.2) is 14.5 Å². The van der Waals surface area contributed by atoms with E-state index in [0.717, 1.165) is 17.3 Å². The van der Waals surface area contributed by atoms with Gasteiger partial charge in [0.25, 0.3) is 0 Å². The minimum absolute atomic E-state index is 0.332. The molecular formula is C20H15F3N4. The SMILES string of the molecule is Cc1c(C)n(-c2cc(F)cc(F)c2)c2ncnc(Nc3cccc(F)c3)c12. The van der Waals surface area contributed by atoms with Crippen molar-refractivity contribution in [2.75, 3.05) is 5.32 Å². The van der Waals surface area contributed by atoms with Crippen LogP contribution in [0.3, 0.4) is 0 Å². The molecule has 0 aliphatic carbocycles. The minimum atomic E-state index is -0.670. The number of fused-ring (bicyclic) bond motifs is 1. The van der Waals surface area contributed by atoms with Gasteiger partial charge in [0.15, 0.2) is 5.65 Å². The van der Waals surface area contributed by atoms with Gasteiger partial charge in [-0.1, -0.05) is 6.07 Å². The molecule has 0 saturated heterocycles. The van der Waals surface area contributed by atoms with Crippen LogP contribution in [0.1, 0.15) is 11.3 Å². The molecule has 2 aromatic carbocycles. The molecule has 0 saturated carbocycles. The van der Waals surface area contributed by atoms with Crippen LogP contribution in [-0.2, 0) is 0 Å². The Kier molecular flexibility index (Phi) is 4.07. The molecule has 2 aromatic heterocycles. The quantitative estimate of drug-likeness (QED) is 0.541. The molecule has 4 aromatic rings. The molecule has 1 N–H and O–H groups in total. The van der Waals surface area contributed by atoms with Crippen LogP contribution in [0.2, 0.25) is 0 Å². The van der Waals surface area contributed by atoms with Crippen LogP contribution in [0.15, 0.2) is 48.8 Å². The van der Waals surface area contributed by atoms with Gasteiger partial charge in [-0.15, -0.1) is 0 Å². The summed E-state index contributed by atoms with van der Waals surface area (Å²) in [6.45, 7) is 3.72. The number of rotatable bonds is 3. The third kappa shape index (κ3) is 3.01. The predicted octanol–water partition coefficient (Wildman–Crippen LogP) is 5.20. The van der Waals surface area contributed by atoms with Crippen molar-refractivity contribution < 1.29 is 13.2 Å². The number of nitrogens with one attached hydrogen (secondary N) is 1. The first kappa shape index (κ1) is 17.1. The third-order valence-corrected chi connectivity index (χ3v) is 4.49. The molecule has 0 fully saturated rings. The molecule has 0 aliphatic heterocycles. The molecule has 27 heavy (non-hydrogen) atoms. The molecule has 0 amide bonds. The summed E-state index contributed by atoms with van der Waals surface area (Å²) >= 11 is 0. The molecule has 7 heteroatoms. The van der Waals surface area contributed by atoms with Gasteiger partial charge in [-0.25, -0.2) is 23.1 Å². The summed E-state index contributed by atoms with van der Waals surface area (Å²) in [5.41, 5.74) is 3.01. The van der Waals surface area contributed by atoms with E-state index in [1.54, 1.807) is 16.7 Å². The Labute approximate surface area is 153 Å². The highest BCUT2D eigenvalue weighted by molar-refractivity contribution is 5.94. The summed E-state index contributed by atoms with van der Waals surface area (Å²) < 4.78 is 42.6. The molecule has 4 rings (SSSR count). The van der Waals surface area contributed by atoms with Crippen molar-refractivity contribution in [3.8, 4) is 5.69 Å². The van der Waals surface area contributed by atoms with E-state index in [4.69, 9.17) is 0 Å². The second-order valence-corrected chi connectivity index (χ2v) is 6.23. The van der Waals surface area contributed by atoms with Gasteiger partial charge in [-0.3, -0.25) is 4.57 Å². The summed E-state index contributed by atoms with van der Waals surface area (Å²) in [5, 5.41) is 3.79. The molecule has 2 heterocycles. The maximum atomic E-state index is 13.7. The first-order valence-corrected chi connectivity index (χ1v) is 8.25. The summed E-state index contributed by atoms with van der Waals surface area (Å²) in [6.07, 6.45) is 1.36. The monoisotopic (exact) mass is 368 g/mol. The Hall–Kier alpha value is -3.35. The number of hydrogen-bond donors (Lipinski definition) is 1. The first-order chi connectivity index (χ1) is 12.9. The lowest BCUT2D eigenvalue weighted by molar-refractivity contribution is 0.581.